The molecule has 0 amide bonds. The van der Waals surface area contributed by atoms with Gasteiger partial charge in [0.1, 0.15) is 0 Å². The summed E-state index contributed by atoms with van der Waals surface area (Å²) >= 11 is 0. The van der Waals surface area contributed by atoms with Crippen molar-refractivity contribution < 1.29 is 0 Å². The second-order valence-electron chi connectivity index (χ2n) is 4.92. The van der Waals surface area contributed by atoms with Crippen LogP contribution in [0.2, 0.25) is 0 Å². The predicted molar refractivity (Wildman–Crippen MR) is 69.9 cm³/mol. The van der Waals surface area contributed by atoms with Crippen molar-refractivity contribution in [1.29, 1.82) is 0 Å². The first-order valence-corrected chi connectivity index (χ1v) is 6.40. The summed E-state index contributed by atoms with van der Waals surface area (Å²) in [5, 5.41) is 2.88. The maximum absolute atomic E-state index is 2.40. The topological polar surface area (TPSA) is 0 Å². The van der Waals surface area contributed by atoms with Crippen LogP contribution in [0.3, 0.4) is 0 Å². The Morgan fingerprint density at radius 1 is 1.12 bits per heavy atom. The summed E-state index contributed by atoms with van der Waals surface area (Å²) in [6.07, 6.45) is 5.20. The molecule has 0 N–H and O–H groups in total. The van der Waals surface area contributed by atoms with E-state index in [0.717, 1.165) is 5.92 Å². The lowest BCUT2D eigenvalue weighted by atomic mass is 9.98. The first kappa shape index (κ1) is 9.89. The van der Waals surface area contributed by atoms with Crippen LogP contribution >= 0.6 is 0 Å². The molecule has 0 heterocycles. The Balaban J connectivity index is 2.10. The maximum Gasteiger partial charge on any atom is -0.0152 e. The minimum Gasteiger partial charge on any atom is -0.0651 e. The van der Waals surface area contributed by atoms with Gasteiger partial charge in [0.25, 0.3) is 0 Å². The third kappa shape index (κ3) is 1.73. The van der Waals surface area contributed by atoms with Crippen LogP contribution in [0.5, 0.6) is 0 Å². The zero-order chi connectivity index (χ0) is 11.0. The summed E-state index contributed by atoms with van der Waals surface area (Å²) in [5.41, 5.74) is 3.04. The summed E-state index contributed by atoms with van der Waals surface area (Å²) in [4.78, 5) is 0. The molecule has 0 aromatic heterocycles. The second kappa shape index (κ2) is 3.93. The monoisotopic (exact) mass is 210 g/mol. The van der Waals surface area contributed by atoms with Gasteiger partial charge in [0.15, 0.2) is 0 Å². The highest BCUT2D eigenvalue weighted by molar-refractivity contribution is 5.86. The zero-order valence-electron chi connectivity index (χ0n) is 9.87. The van der Waals surface area contributed by atoms with Crippen molar-refractivity contribution in [3.8, 4) is 0 Å². The van der Waals surface area contributed by atoms with Crippen molar-refractivity contribution in [2.45, 2.75) is 38.5 Å². The fourth-order valence-electron chi connectivity index (χ4n) is 2.53. The van der Waals surface area contributed by atoms with E-state index in [4.69, 9.17) is 0 Å². The number of aryl methyl sites for hydroxylation is 1. The molecule has 1 saturated carbocycles. The molecular weight excluding hydrogens is 192 g/mol. The van der Waals surface area contributed by atoms with Gasteiger partial charge in [-0.3, -0.25) is 0 Å². The smallest absolute Gasteiger partial charge is 0.0152 e. The van der Waals surface area contributed by atoms with Gasteiger partial charge in [0, 0.05) is 0 Å². The quantitative estimate of drug-likeness (QED) is 0.690. The van der Waals surface area contributed by atoms with Gasteiger partial charge >= 0.3 is 0 Å². The minimum absolute atomic E-state index is 0.860. The molecule has 0 bridgehead atoms. The van der Waals surface area contributed by atoms with Crippen LogP contribution < -0.4 is 0 Å². The van der Waals surface area contributed by atoms with Gasteiger partial charge in [0.2, 0.25) is 0 Å². The Hall–Kier alpha value is -1.30. The molecule has 1 aliphatic rings. The van der Waals surface area contributed by atoms with E-state index in [1.165, 1.54) is 42.0 Å². The van der Waals surface area contributed by atoms with E-state index >= 15 is 0 Å². The molecular formula is C16H18. The first-order chi connectivity index (χ1) is 7.88. The number of rotatable bonds is 3. The molecule has 1 aliphatic carbocycles. The van der Waals surface area contributed by atoms with Crippen molar-refractivity contribution in [2.24, 2.45) is 0 Å². The first-order valence-electron chi connectivity index (χ1n) is 6.40. The number of hydrogen-bond acceptors (Lipinski definition) is 0. The highest BCUT2D eigenvalue weighted by atomic mass is 14.3. The average molecular weight is 210 g/mol. The van der Waals surface area contributed by atoms with E-state index in [1.54, 1.807) is 5.56 Å². The number of benzene rings is 2. The molecule has 82 valence electrons. The number of hydrogen-bond donors (Lipinski definition) is 0. The van der Waals surface area contributed by atoms with Crippen LogP contribution in [0, 0.1) is 0 Å². The molecule has 0 unspecified atom stereocenters. The Kier molecular flexibility index (Phi) is 2.43. The number of fused-ring (bicyclic) bond motifs is 1. The van der Waals surface area contributed by atoms with E-state index in [0.29, 0.717) is 0 Å². The summed E-state index contributed by atoms with van der Waals surface area (Å²) in [6.45, 7) is 2.25. The maximum atomic E-state index is 2.40. The summed E-state index contributed by atoms with van der Waals surface area (Å²) < 4.78 is 0. The lowest BCUT2D eigenvalue weighted by molar-refractivity contribution is 0.929. The third-order valence-corrected chi connectivity index (χ3v) is 3.56. The lowest BCUT2D eigenvalue weighted by Gasteiger charge is -2.07. The van der Waals surface area contributed by atoms with Gasteiger partial charge in [-0.1, -0.05) is 49.7 Å². The Bertz CT molecular complexity index is 506. The van der Waals surface area contributed by atoms with Crippen molar-refractivity contribution >= 4 is 10.8 Å². The van der Waals surface area contributed by atoms with Crippen LogP contribution in [0.15, 0.2) is 36.4 Å². The van der Waals surface area contributed by atoms with Crippen LogP contribution in [-0.4, -0.2) is 0 Å². The molecule has 0 nitrogen and oxygen atoms in total. The molecule has 16 heavy (non-hydrogen) atoms. The van der Waals surface area contributed by atoms with E-state index in [2.05, 4.69) is 43.3 Å². The average Bonchev–Trinajstić information content (AvgIpc) is 3.13. The van der Waals surface area contributed by atoms with E-state index in [9.17, 15) is 0 Å². The largest absolute Gasteiger partial charge is 0.0651 e. The van der Waals surface area contributed by atoms with Crippen LogP contribution in [0.1, 0.15) is 43.2 Å². The van der Waals surface area contributed by atoms with Crippen molar-refractivity contribution in [2.75, 3.05) is 0 Å². The third-order valence-electron chi connectivity index (χ3n) is 3.56. The molecule has 0 saturated heterocycles. The molecule has 0 aliphatic heterocycles. The van der Waals surface area contributed by atoms with Gasteiger partial charge in [0.05, 0.1) is 0 Å². The molecule has 2 aromatic carbocycles. The van der Waals surface area contributed by atoms with Gasteiger partial charge in [-0.2, -0.15) is 0 Å². The van der Waals surface area contributed by atoms with Crippen LogP contribution in [-0.2, 0) is 6.42 Å². The summed E-state index contributed by atoms with van der Waals surface area (Å²) in [6, 6.07) is 13.8. The molecule has 0 atom stereocenters. The lowest BCUT2D eigenvalue weighted by Crippen LogP contribution is -1.87. The standard InChI is InChI=1S/C16H18/c1-2-4-13-5-3-6-15-11-14(12-7-8-12)9-10-16(13)15/h3,5-6,9-12H,2,4,7-8H2,1H3. The van der Waals surface area contributed by atoms with Crippen LogP contribution in [0.25, 0.3) is 10.8 Å². The highest BCUT2D eigenvalue weighted by Crippen LogP contribution is 2.41. The fraction of sp³-hybridized carbons (Fsp3) is 0.375. The molecule has 3 rings (SSSR count). The minimum atomic E-state index is 0.860. The van der Waals surface area contributed by atoms with Gasteiger partial charge in [-0.15, -0.1) is 0 Å². The zero-order valence-corrected chi connectivity index (χ0v) is 9.87. The van der Waals surface area contributed by atoms with Crippen molar-refractivity contribution in [1.82, 2.24) is 0 Å². The Morgan fingerprint density at radius 3 is 2.75 bits per heavy atom. The Morgan fingerprint density at radius 2 is 2.00 bits per heavy atom. The summed E-state index contributed by atoms with van der Waals surface area (Å²) in [7, 11) is 0. The van der Waals surface area contributed by atoms with Gasteiger partial charge in [-0.25, -0.2) is 0 Å². The van der Waals surface area contributed by atoms with E-state index in [-0.39, 0.29) is 0 Å². The van der Waals surface area contributed by atoms with Crippen molar-refractivity contribution in [3.63, 3.8) is 0 Å². The molecule has 2 aromatic rings. The normalized spacial score (nSPS) is 15.6. The molecule has 0 radical (unpaired) electrons. The van der Waals surface area contributed by atoms with Gasteiger partial charge < -0.3 is 0 Å². The van der Waals surface area contributed by atoms with E-state index in [1.807, 2.05) is 0 Å². The SMILES string of the molecule is CCCc1cccc2cc(C3CC3)ccc12. The molecule has 0 heteroatoms. The predicted octanol–water partition coefficient (Wildman–Crippen LogP) is 4.67. The second-order valence-corrected chi connectivity index (χ2v) is 4.92. The summed E-state index contributed by atoms with van der Waals surface area (Å²) in [5.74, 6) is 0.860. The fourth-order valence-corrected chi connectivity index (χ4v) is 2.53. The Labute approximate surface area is 97.3 Å². The highest BCUT2D eigenvalue weighted by Gasteiger charge is 2.23. The van der Waals surface area contributed by atoms with Crippen LogP contribution in [0.4, 0.5) is 0 Å². The molecule has 0 spiro atoms. The molecule has 1 fully saturated rings. The van der Waals surface area contributed by atoms with Gasteiger partial charge in [-0.05, 0) is 47.1 Å². The van der Waals surface area contributed by atoms with Crippen molar-refractivity contribution in [3.05, 3.63) is 47.5 Å². The van der Waals surface area contributed by atoms with E-state index < -0.39 is 0 Å².